The Balaban J connectivity index is 2.44. The van der Waals surface area contributed by atoms with Crippen LogP contribution in [0.5, 0.6) is 11.6 Å². The zero-order chi connectivity index (χ0) is 15.4. The van der Waals surface area contributed by atoms with Crippen LogP contribution in [0.2, 0.25) is 0 Å². The molecule has 0 saturated heterocycles. The van der Waals surface area contributed by atoms with E-state index in [-0.39, 0.29) is 0 Å². The summed E-state index contributed by atoms with van der Waals surface area (Å²) in [5, 5.41) is 0. The van der Waals surface area contributed by atoms with Crippen molar-refractivity contribution in [1.29, 1.82) is 0 Å². The summed E-state index contributed by atoms with van der Waals surface area (Å²) in [5.41, 5.74) is 7.00. The zero-order valence-electron chi connectivity index (χ0n) is 13.0. The first kappa shape index (κ1) is 15.3. The largest absolute Gasteiger partial charge is 0.438 e. The molecule has 1 heterocycles. The lowest BCUT2D eigenvalue weighted by molar-refractivity contribution is 0.450. The van der Waals surface area contributed by atoms with Gasteiger partial charge in [-0.25, -0.2) is 15.8 Å². The number of aryl methyl sites for hydroxylation is 2. The highest BCUT2D eigenvalue weighted by molar-refractivity contribution is 5.50. The second kappa shape index (κ2) is 6.54. The summed E-state index contributed by atoms with van der Waals surface area (Å²) in [6, 6.07) is 4.16. The van der Waals surface area contributed by atoms with Crippen molar-refractivity contribution in [3.8, 4) is 11.6 Å². The summed E-state index contributed by atoms with van der Waals surface area (Å²) in [4.78, 5) is 8.42. The fourth-order valence-corrected chi connectivity index (χ4v) is 2.29. The number of nitrogen functional groups attached to an aromatic ring is 1. The van der Waals surface area contributed by atoms with Crippen LogP contribution in [0.25, 0.3) is 0 Å². The van der Waals surface area contributed by atoms with Gasteiger partial charge in [-0.15, -0.1) is 0 Å². The van der Waals surface area contributed by atoms with Gasteiger partial charge in [0.25, 0.3) is 0 Å². The summed E-state index contributed by atoms with van der Waals surface area (Å²) in [7, 11) is 0. The van der Waals surface area contributed by atoms with Crippen molar-refractivity contribution < 1.29 is 4.74 Å². The number of hydrogen-bond acceptors (Lipinski definition) is 5. The van der Waals surface area contributed by atoms with E-state index in [9.17, 15) is 0 Å². The summed E-state index contributed by atoms with van der Waals surface area (Å²) >= 11 is 0. The Kier molecular flexibility index (Phi) is 4.75. The molecule has 3 N–H and O–H groups in total. The lowest BCUT2D eigenvalue weighted by Gasteiger charge is -2.15. The molecule has 0 saturated carbocycles. The van der Waals surface area contributed by atoms with E-state index >= 15 is 0 Å². The van der Waals surface area contributed by atoms with Crippen molar-refractivity contribution in [3.05, 3.63) is 40.7 Å². The molecule has 5 nitrogen and oxygen atoms in total. The minimum atomic E-state index is 0.563. The van der Waals surface area contributed by atoms with E-state index < -0.39 is 0 Å². The fourth-order valence-electron chi connectivity index (χ4n) is 2.29. The first-order valence-corrected chi connectivity index (χ1v) is 7.13. The average Bonchev–Trinajstić information content (AvgIpc) is 2.46. The monoisotopic (exact) mass is 286 g/mol. The quantitative estimate of drug-likeness (QED) is 0.650. The van der Waals surface area contributed by atoms with Crippen LogP contribution in [-0.4, -0.2) is 9.97 Å². The number of hydrogen-bond donors (Lipinski definition) is 2. The second-order valence-corrected chi connectivity index (χ2v) is 5.21. The van der Waals surface area contributed by atoms with Crippen LogP contribution >= 0.6 is 0 Å². The van der Waals surface area contributed by atoms with E-state index in [2.05, 4.69) is 42.2 Å². The van der Waals surface area contributed by atoms with Crippen LogP contribution < -0.4 is 16.0 Å². The molecule has 2 rings (SSSR count). The van der Waals surface area contributed by atoms with E-state index in [1.807, 2.05) is 13.0 Å². The topological polar surface area (TPSA) is 73.1 Å². The SMILES string of the molecule is CCCc1c(NN)ncnc1Oc1cc(C)cc(C)c1C. The maximum Gasteiger partial charge on any atom is 0.227 e. The molecule has 0 amide bonds. The van der Waals surface area contributed by atoms with Gasteiger partial charge in [0, 0.05) is 0 Å². The Hall–Kier alpha value is -2.14. The maximum absolute atomic E-state index is 6.05. The molecule has 0 aliphatic rings. The van der Waals surface area contributed by atoms with Gasteiger partial charge >= 0.3 is 0 Å². The predicted molar refractivity (Wildman–Crippen MR) is 84.6 cm³/mol. The number of rotatable bonds is 5. The number of nitrogens with two attached hydrogens (primary N) is 1. The van der Waals surface area contributed by atoms with Crippen LogP contribution in [0, 0.1) is 20.8 Å². The Morgan fingerprint density at radius 1 is 1.19 bits per heavy atom. The summed E-state index contributed by atoms with van der Waals surface area (Å²) in [5.74, 6) is 7.53. The van der Waals surface area contributed by atoms with Gasteiger partial charge in [0.1, 0.15) is 17.9 Å². The fraction of sp³-hybridized carbons (Fsp3) is 0.375. The molecule has 0 bridgehead atoms. The number of nitrogens with one attached hydrogen (secondary N) is 1. The first-order chi connectivity index (χ1) is 10.1. The third-order valence-electron chi connectivity index (χ3n) is 3.51. The van der Waals surface area contributed by atoms with Crippen molar-refractivity contribution >= 4 is 5.82 Å². The molecule has 0 radical (unpaired) electrons. The molecule has 0 unspecified atom stereocenters. The van der Waals surface area contributed by atoms with Crippen molar-refractivity contribution in [2.24, 2.45) is 5.84 Å². The Labute approximate surface area is 125 Å². The molecule has 0 atom stereocenters. The van der Waals surface area contributed by atoms with Gasteiger partial charge in [-0.05, 0) is 49.9 Å². The third-order valence-corrected chi connectivity index (χ3v) is 3.51. The lowest BCUT2D eigenvalue weighted by atomic mass is 10.1. The van der Waals surface area contributed by atoms with Crippen LogP contribution in [0.3, 0.4) is 0 Å². The van der Waals surface area contributed by atoms with Crippen molar-refractivity contribution in [2.75, 3.05) is 5.43 Å². The Bertz CT molecular complexity index is 640. The molecule has 0 fully saturated rings. The predicted octanol–water partition coefficient (Wildman–Crippen LogP) is 3.43. The Morgan fingerprint density at radius 3 is 2.62 bits per heavy atom. The van der Waals surface area contributed by atoms with Crippen LogP contribution in [0.4, 0.5) is 5.82 Å². The number of nitrogens with zero attached hydrogens (tertiary/aromatic N) is 2. The van der Waals surface area contributed by atoms with E-state index in [1.165, 1.54) is 11.9 Å². The third kappa shape index (κ3) is 3.31. The van der Waals surface area contributed by atoms with Crippen LogP contribution in [0.1, 0.15) is 35.6 Å². The highest BCUT2D eigenvalue weighted by Crippen LogP contribution is 2.31. The standard InChI is InChI=1S/C16H22N4O/c1-5-6-13-15(20-17)18-9-19-16(13)21-14-8-10(2)7-11(3)12(14)4/h7-9H,5-6,17H2,1-4H3,(H,18,19,20). The number of anilines is 1. The molecule has 1 aromatic heterocycles. The Morgan fingerprint density at radius 2 is 1.95 bits per heavy atom. The molecule has 0 aliphatic carbocycles. The number of aromatic nitrogens is 2. The molecular weight excluding hydrogens is 264 g/mol. The van der Waals surface area contributed by atoms with E-state index in [4.69, 9.17) is 10.6 Å². The summed E-state index contributed by atoms with van der Waals surface area (Å²) in [6.07, 6.45) is 3.23. The van der Waals surface area contributed by atoms with Crippen LogP contribution in [-0.2, 0) is 6.42 Å². The molecule has 2 aromatic rings. The summed E-state index contributed by atoms with van der Waals surface area (Å²) < 4.78 is 6.05. The number of hydrazine groups is 1. The molecule has 1 aromatic carbocycles. The van der Waals surface area contributed by atoms with Gasteiger partial charge in [-0.3, -0.25) is 0 Å². The number of ether oxygens (including phenoxy) is 1. The van der Waals surface area contributed by atoms with Gasteiger partial charge in [0.2, 0.25) is 5.88 Å². The molecule has 112 valence electrons. The lowest BCUT2D eigenvalue weighted by Crippen LogP contribution is -2.12. The average molecular weight is 286 g/mol. The maximum atomic E-state index is 6.05. The molecule has 0 spiro atoms. The molecule has 21 heavy (non-hydrogen) atoms. The highest BCUT2D eigenvalue weighted by Gasteiger charge is 2.14. The normalized spacial score (nSPS) is 10.5. The van der Waals surface area contributed by atoms with E-state index in [0.29, 0.717) is 11.7 Å². The zero-order valence-corrected chi connectivity index (χ0v) is 13.0. The van der Waals surface area contributed by atoms with Crippen molar-refractivity contribution in [1.82, 2.24) is 9.97 Å². The second-order valence-electron chi connectivity index (χ2n) is 5.21. The van der Waals surface area contributed by atoms with E-state index in [1.54, 1.807) is 0 Å². The molecule has 5 heteroatoms. The van der Waals surface area contributed by atoms with Gasteiger partial charge in [-0.2, -0.15) is 0 Å². The highest BCUT2D eigenvalue weighted by atomic mass is 16.5. The smallest absolute Gasteiger partial charge is 0.227 e. The number of benzene rings is 1. The van der Waals surface area contributed by atoms with Gasteiger partial charge in [-0.1, -0.05) is 19.4 Å². The molecular formula is C16H22N4O. The van der Waals surface area contributed by atoms with Gasteiger partial charge < -0.3 is 10.2 Å². The molecule has 0 aliphatic heterocycles. The minimum Gasteiger partial charge on any atom is -0.438 e. The van der Waals surface area contributed by atoms with E-state index in [0.717, 1.165) is 35.3 Å². The van der Waals surface area contributed by atoms with Crippen LogP contribution in [0.15, 0.2) is 18.5 Å². The minimum absolute atomic E-state index is 0.563. The van der Waals surface area contributed by atoms with Gasteiger partial charge in [0.05, 0.1) is 5.56 Å². The summed E-state index contributed by atoms with van der Waals surface area (Å²) in [6.45, 7) is 8.28. The van der Waals surface area contributed by atoms with Gasteiger partial charge in [0.15, 0.2) is 0 Å². The van der Waals surface area contributed by atoms with Crippen molar-refractivity contribution in [3.63, 3.8) is 0 Å². The van der Waals surface area contributed by atoms with Crippen molar-refractivity contribution in [2.45, 2.75) is 40.5 Å². The first-order valence-electron chi connectivity index (χ1n) is 7.13.